The molecule has 0 aliphatic heterocycles. The molecule has 0 spiro atoms. The van der Waals surface area contributed by atoms with Crippen LogP contribution in [0.1, 0.15) is 34.0 Å². The van der Waals surface area contributed by atoms with Crippen molar-refractivity contribution in [2.24, 2.45) is 0 Å². The van der Waals surface area contributed by atoms with E-state index in [0.717, 1.165) is 42.0 Å². The Hall–Kier alpha value is -6.38. The molecule has 0 saturated heterocycles. The molecular formula is C48H71N7O5S. The molecule has 12 nitrogen and oxygen atoms in total. The highest BCUT2D eigenvalue weighted by Crippen LogP contribution is 2.11. The van der Waals surface area contributed by atoms with Crippen molar-refractivity contribution < 1.29 is 22.8 Å². The van der Waals surface area contributed by atoms with Gasteiger partial charge >= 0.3 is 0 Å². The molecular weight excluding hydrogens is 787 g/mol. The third-order valence-corrected chi connectivity index (χ3v) is 8.47. The maximum Gasteiger partial charge on any atom is 0.251 e. The number of hydrogen-bond donors (Lipinski definition) is 6. The summed E-state index contributed by atoms with van der Waals surface area (Å²) in [5.74, 6) is -0.305. The highest BCUT2D eigenvalue weighted by Gasteiger charge is 2.09. The van der Waals surface area contributed by atoms with Gasteiger partial charge in [-0.15, -0.1) is 19.7 Å². The van der Waals surface area contributed by atoms with Crippen molar-refractivity contribution in [3.05, 3.63) is 178 Å². The van der Waals surface area contributed by atoms with Gasteiger partial charge in [0.2, 0.25) is 21.8 Å². The first-order valence-electron chi connectivity index (χ1n) is 18.8. The summed E-state index contributed by atoms with van der Waals surface area (Å²) < 4.78 is 24.8. The molecule has 0 fully saturated rings. The lowest BCUT2D eigenvalue weighted by Crippen LogP contribution is -2.18. The molecule has 6 N–H and O–H groups in total. The highest BCUT2D eigenvalue weighted by molar-refractivity contribution is 7.89. The first kappa shape index (κ1) is 61.3. The van der Waals surface area contributed by atoms with Crippen LogP contribution in [0.15, 0.2) is 160 Å². The smallest absolute Gasteiger partial charge is 0.251 e. The van der Waals surface area contributed by atoms with E-state index in [-0.39, 0.29) is 22.6 Å². The number of nitrogens with one attached hydrogen (secondary N) is 6. The van der Waals surface area contributed by atoms with Crippen LogP contribution in [0.2, 0.25) is 0 Å². The standard InChI is InChI=1S/C10H11NO.C9H11NO2S.C9H11N.C7H13N.C5H9NO.C4H7NO.C4H9N/c1-3-8-4-6-9(7-5-8)10(12)11-2;1-3-8-4-6-9(7-5-8)13(11,12)10-2;1-3-8-4-6-9(10-2)7-5-8;1-4-6-8(3)7-5-2;1-4(2)5(7)6-3;1-3-4(6)5-2;1-3-4-5-2/h3-7H,1H2,2H3,(H,11,12);3-7,10H,1H2,2H3;3-7,10H,1H2,2H3;4-5H,1-2,6-7H2,3H3;1H2,2-3H3,(H,6,7);3H,1H2,2H3,(H,5,6);3,5H,1,4H2,2H3. The van der Waals surface area contributed by atoms with Crippen LogP contribution in [-0.2, 0) is 19.6 Å². The Morgan fingerprint density at radius 2 is 1.05 bits per heavy atom. The minimum Gasteiger partial charge on any atom is -0.388 e. The fraction of sp³-hybridized carbons (Fsp3) is 0.229. The van der Waals surface area contributed by atoms with Crippen molar-refractivity contribution in [1.82, 2.24) is 30.9 Å². The number of likely N-dealkylation sites (N-methyl/N-ethyl adjacent to an activating group) is 4. The number of hydrogen-bond acceptors (Lipinski definition) is 8. The Morgan fingerprint density at radius 3 is 1.28 bits per heavy atom. The van der Waals surface area contributed by atoms with Crippen molar-refractivity contribution in [3.8, 4) is 0 Å². The largest absolute Gasteiger partial charge is 0.388 e. The monoisotopic (exact) mass is 858 g/mol. The van der Waals surface area contributed by atoms with E-state index in [1.165, 1.54) is 13.1 Å². The summed E-state index contributed by atoms with van der Waals surface area (Å²) in [6, 6.07) is 21.9. The zero-order valence-corrected chi connectivity index (χ0v) is 38.5. The van der Waals surface area contributed by atoms with Crippen LogP contribution in [0.3, 0.4) is 0 Å². The van der Waals surface area contributed by atoms with E-state index in [2.05, 4.69) is 88.8 Å². The molecule has 3 aromatic carbocycles. The van der Waals surface area contributed by atoms with Gasteiger partial charge < -0.3 is 26.6 Å². The van der Waals surface area contributed by atoms with E-state index < -0.39 is 10.0 Å². The fourth-order valence-electron chi connectivity index (χ4n) is 3.58. The van der Waals surface area contributed by atoms with Crippen LogP contribution in [0.5, 0.6) is 0 Å². The first-order chi connectivity index (χ1) is 28.9. The van der Waals surface area contributed by atoms with Crippen molar-refractivity contribution in [2.75, 3.05) is 74.3 Å². The minimum atomic E-state index is -3.31. The van der Waals surface area contributed by atoms with Gasteiger partial charge in [-0.1, -0.05) is 106 Å². The van der Waals surface area contributed by atoms with E-state index >= 15 is 0 Å². The van der Waals surface area contributed by atoms with Gasteiger partial charge in [0.1, 0.15) is 0 Å². The Balaban J connectivity index is -0.000000318. The molecule has 0 saturated carbocycles. The first-order valence-corrected chi connectivity index (χ1v) is 20.3. The molecule has 0 aliphatic rings. The van der Waals surface area contributed by atoms with Crippen LogP contribution in [0.25, 0.3) is 18.2 Å². The molecule has 334 valence electrons. The molecule has 0 radical (unpaired) electrons. The zero-order chi connectivity index (χ0) is 47.6. The van der Waals surface area contributed by atoms with Gasteiger partial charge in [0, 0.05) is 64.6 Å². The summed E-state index contributed by atoms with van der Waals surface area (Å²) in [6.45, 7) is 32.6. The van der Waals surface area contributed by atoms with Crippen LogP contribution in [0, 0.1) is 0 Å². The van der Waals surface area contributed by atoms with Crippen molar-refractivity contribution in [1.29, 1.82) is 0 Å². The number of anilines is 1. The van der Waals surface area contributed by atoms with Crippen LogP contribution < -0.4 is 31.3 Å². The molecule has 0 atom stereocenters. The molecule has 0 unspecified atom stereocenters. The summed E-state index contributed by atoms with van der Waals surface area (Å²) >= 11 is 0. The Labute approximate surface area is 367 Å². The summed E-state index contributed by atoms with van der Waals surface area (Å²) in [5.41, 5.74) is 5.41. The van der Waals surface area contributed by atoms with Crippen molar-refractivity contribution in [3.63, 3.8) is 0 Å². The van der Waals surface area contributed by atoms with Crippen molar-refractivity contribution >= 4 is 51.7 Å². The summed E-state index contributed by atoms with van der Waals surface area (Å²) in [5, 5.41) is 13.3. The maximum absolute atomic E-state index is 11.3. The summed E-state index contributed by atoms with van der Waals surface area (Å²) in [4.78, 5) is 33.7. The van der Waals surface area contributed by atoms with E-state index in [1.54, 1.807) is 76.6 Å². The van der Waals surface area contributed by atoms with Crippen LogP contribution in [-0.4, -0.2) is 100 Å². The highest BCUT2D eigenvalue weighted by atomic mass is 32.2. The number of carbonyl (C=O) groups excluding carboxylic acids is 3. The molecule has 13 heteroatoms. The van der Waals surface area contributed by atoms with E-state index in [0.29, 0.717) is 11.1 Å². The third-order valence-electron chi connectivity index (χ3n) is 7.04. The lowest BCUT2D eigenvalue weighted by Gasteiger charge is -2.09. The van der Waals surface area contributed by atoms with Gasteiger partial charge in [0.15, 0.2) is 0 Å². The zero-order valence-electron chi connectivity index (χ0n) is 37.6. The number of carbonyl (C=O) groups is 3. The minimum absolute atomic E-state index is 0.0642. The van der Waals surface area contributed by atoms with E-state index in [9.17, 15) is 22.8 Å². The van der Waals surface area contributed by atoms with E-state index in [4.69, 9.17) is 0 Å². The molecule has 3 amide bonds. The Bertz CT molecular complexity index is 1850. The fourth-order valence-corrected chi connectivity index (χ4v) is 4.31. The summed E-state index contributed by atoms with van der Waals surface area (Å²) in [6.07, 6.45) is 12.0. The molecule has 0 aromatic heterocycles. The quantitative estimate of drug-likeness (QED) is 0.0691. The predicted molar refractivity (Wildman–Crippen MR) is 264 cm³/mol. The molecule has 3 aromatic rings. The predicted octanol–water partition coefficient (Wildman–Crippen LogP) is 7.21. The topological polar surface area (TPSA) is 161 Å². The molecule has 3 rings (SSSR count). The molecule has 61 heavy (non-hydrogen) atoms. The Kier molecular flexibility index (Phi) is 40.6. The van der Waals surface area contributed by atoms with Crippen LogP contribution in [0.4, 0.5) is 5.69 Å². The lowest BCUT2D eigenvalue weighted by molar-refractivity contribution is -0.117. The normalized spacial score (nSPS) is 9.00. The second kappa shape index (κ2) is 40.4. The van der Waals surface area contributed by atoms with Gasteiger partial charge in [-0.05, 0) is 87.2 Å². The van der Waals surface area contributed by atoms with Gasteiger partial charge in [0.25, 0.3) is 5.91 Å². The second-order valence-electron chi connectivity index (χ2n) is 11.8. The molecule has 0 aliphatic carbocycles. The van der Waals surface area contributed by atoms with E-state index in [1.807, 2.05) is 81.8 Å². The number of sulfonamides is 1. The number of amides is 3. The molecule has 0 bridgehead atoms. The van der Waals surface area contributed by atoms with Gasteiger partial charge in [-0.25, -0.2) is 13.1 Å². The lowest BCUT2D eigenvalue weighted by atomic mass is 10.1. The molecule has 0 heterocycles. The van der Waals surface area contributed by atoms with Gasteiger partial charge in [-0.2, -0.15) is 0 Å². The average molecular weight is 858 g/mol. The number of rotatable bonds is 15. The number of nitrogens with zero attached hydrogens (tertiary/aromatic N) is 1. The average Bonchev–Trinajstić information content (AvgIpc) is 3.29. The SMILES string of the molecule is C=C(C)C(=O)NC.C=CC(=O)NC.C=CCN(C)CC=C.C=CCNC.C=Cc1ccc(C(=O)NC)cc1.C=Cc1ccc(NC)cc1.C=Cc1ccc(S(=O)(=O)NC)cc1. The Morgan fingerprint density at radius 1 is 0.623 bits per heavy atom. The van der Waals surface area contributed by atoms with Crippen LogP contribution >= 0.6 is 0 Å². The van der Waals surface area contributed by atoms with Gasteiger partial charge in [0.05, 0.1) is 4.90 Å². The summed E-state index contributed by atoms with van der Waals surface area (Å²) in [7, 11) is 8.66. The maximum atomic E-state index is 11.3. The number of benzene rings is 3. The second-order valence-corrected chi connectivity index (χ2v) is 13.7. The third kappa shape index (κ3) is 34.2. The van der Waals surface area contributed by atoms with Crippen molar-refractivity contribution in [2.45, 2.75) is 11.8 Å². The van der Waals surface area contributed by atoms with Gasteiger partial charge in [-0.3, -0.25) is 19.3 Å².